The van der Waals surface area contributed by atoms with Gasteiger partial charge in [0.2, 0.25) is 17.6 Å². The molecule has 0 unspecified atom stereocenters. The number of anilines is 1. The molecule has 8 heteroatoms. The summed E-state index contributed by atoms with van der Waals surface area (Å²) in [6, 6.07) is 14.5. The molecule has 0 aliphatic heterocycles. The lowest BCUT2D eigenvalue weighted by molar-refractivity contribution is 0.102. The summed E-state index contributed by atoms with van der Waals surface area (Å²) in [5, 5.41) is 6.94. The summed E-state index contributed by atoms with van der Waals surface area (Å²) in [7, 11) is 0. The van der Waals surface area contributed by atoms with Crippen molar-refractivity contribution in [2.24, 2.45) is 0 Å². The van der Waals surface area contributed by atoms with E-state index in [9.17, 15) is 4.79 Å². The Hall–Kier alpha value is -4.07. The summed E-state index contributed by atoms with van der Waals surface area (Å²) in [5.41, 5.74) is 2.63. The van der Waals surface area contributed by atoms with Crippen LogP contribution in [-0.2, 0) is 6.42 Å². The van der Waals surface area contributed by atoms with Crippen LogP contribution in [0.2, 0.25) is 0 Å². The SMILES string of the molecule is CCOc1ncccc1C(=O)Nc1ccccc1Cc1nc(-c2cccnc2)no1. The highest BCUT2D eigenvalue weighted by molar-refractivity contribution is 6.06. The number of hydrogen-bond acceptors (Lipinski definition) is 7. The molecule has 0 fully saturated rings. The van der Waals surface area contributed by atoms with Crippen molar-refractivity contribution in [2.45, 2.75) is 13.3 Å². The maximum absolute atomic E-state index is 12.8. The van der Waals surface area contributed by atoms with Gasteiger partial charge in [-0.2, -0.15) is 4.98 Å². The average molecular weight is 401 g/mol. The minimum Gasteiger partial charge on any atom is -0.477 e. The van der Waals surface area contributed by atoms with E-state index < -0.39 is 0 Å². The van der Waals surface area contributed by atoms with E-state index in [1.165, 1.54) is 0 Å². The number of aromatic nitrogens is 4. The van der Waals surface area contributed by atoms with Crippen LogP contribution >= 0.6 is 0 Å². The Morgan fingerprint density at radius 1 is 1.10 bits per heavy atom. The molecule has 150 valence electrons. The number of rotatable bonds is 7. The fraction of sp³-hybridized carbons (Fsp3) is 0.136. The van der Waals surface area contributed by atoms with E-state index in [4.69, 9.17) is 9.26 Å². The van der Waals surface area contributed by atoms with Crippen molar-refractivity contribution < 1.29 is 14.1 Å². The Labute approximate surface area is 173 Å². The Bertz CT molecular complexity index is 1140. The molecule has 4 aromatic rings. The molecule has 0 saturated heterocycles. The number of hydrogen-bond donors (Lipinski definition) is 1. The van der Waals surface area contributed by atoms with Crippen LogP contribution in [-0.4, -0.2) is 32.6 Å². The number of amides is 1. The quantitative estimate of drug-likeness (QED) is 0.503. The van der Waals surface area contributed by atoms with Gasteiger partial charge in [-0.1, -0.05) is 23.4 Å². The van der Waals surface area contributed by atoms with E-state index >= 15 is 0 Å². The second kappa shape index (κ2) is 8.95. The van der Waals surface area contributed by atoms with Crippen LogP contribution in [0.5, 0.6) is 5.88 Å². The van der Waals surface area contributed by atoms with Gasteiger partial charge in [0.25, 0.3) is 5.91 Å². The van der Waals surface area contributed by atoms with Crippen LogP contribution in [0.1, 0.15) is 28.7 Å². The lowest BCUT2D eigenvalue weighted by atomic mass is 10.1. The third-order valence-electron chi connectivity index (χ3n) is 4.29. The van der Waals surface area contributed by atoms with Crippen LogP contribution in [0.3, 0.4) is 0 Å². The van der Waals surface area contributed by atoms with Crippen molar-refractivity contribution in [3.8, 4) is 17.3 Å². The number of nitrogens with zero attached hydrogens (tertiary/aromatic N) is 4. The highest BCUT2D eigenvalue weighted by Gasteiger charge is 2.16. The van der Waals surface area contributed by atoms with Gasteiger partial charge in [0.1, 0.15) is 5.56 Å². The van der Waals surface area contributed by atoms with Gasteiger partial charge in [-0.25, -0.2) is 4.98 Å². The second-order valence-corrected chi connectivity index (χ2v) is 6.33. The molecule has 3 aromatic heterocycles. The summed E-state index contributed by atoms with van der Waals surface area (Å²) < 4.78 is 10.8. The maximum atomic E-state index is 12.8. The van der Waals surface area contributed by atoms with E-state index in [1.54, 1.807) is 30.7 Å². The van der Waals surface area contributed by atoms with Gasteiger partial charge in [-0.15, -0.1) is 0 Å². The molecule has 0 radical (unpaired) electrons. The van der Waals surface area contributed by atoms with Crippen molar-refractivity contribution in [2.75, 3.05) is 11.9 Å². The molecule has 0 saturated carbocycles. The molecule has 3 heterocycles. The van der Waals surface area contributed by atoms with E-state index in [1.807, 2.05) is 43.3 Å². The number of para-hydroxylation sites is 1. The standard InChI is InChI=1S/C22H19N5O3/c1-2-29-22-17(9-6-12-24-22)21(28)25-18-10-4-3-7-15(18)13-19-26-20(27-30-19)16-8-5-11-23-14-16/h3-12,14H,2,13H2,1H3,(H,25,28). The highest BCUT2D eigenvalue weighted by Crippen LogP contribution is 2.23. The fourth-order valence-electron chi connectivity index (χ4n) is 2.90. The van der Waals surface area contributed by atoms with Crippen LogP contribution in [0.4, 0.5) is 5.69 Å². The third kappa shape index (κ3) is 4.33. The number of ether oxygens (including phenoxy) is 1. The van der Waals surface area contributed by atoms with E-state index in [-0.39, 0.29) is 5.91 Å². The number of nitrogens with one attached hydrogen (secondary N) is 1. The number of benzene rings is 1. The summed E-state index contributed by atoms with van der Waals surface area (Å²) >= 11 is 0. The molecule has 0 atom stereocenters. The van der Waals surface area contributed by atoms with Gasteiger partial charge in [0.15, 0.2) is 0 Å². The highest BCUT2D eigenvalue weighted by atomic mass is 16.5. The maximum Gasteiger partial charge on any atom is 0.261 e. The predicted molar refractivity (Wildman–Crippen MR) is 110 cm³/mol. The monoisotopic (exact) mass is 401 g/mol. The van der Waals surface area contributed by atoms with Gasteiger partial charge < -0.3 is 14.6 Å². The minimum absolute atomic E-state index is 0.299. The van der Waals surface area contributed by atoms with Gasteiger partial charge in [0, 0.05) is 29.8 Å². The predicted octanol–water partition coefficient (Wildman–Crippen LogP) is 3.77. The molecule has 0 spiro atoms. The van der Waals surface area contributed by atoms with Gasteiger partial charge in [0.05, 0.1) is 13.0 Å². The Morgan fingerprint density at radius 2 is 1.97 bits per heavy atom. The first kappa shape index (κ1) is 19.3. The summed E-state index contributed by atoms with van der Waals surface area (Å²) in [6.45, 7) is 2.26. The van der Waals surface area contributed by atoms with Gasteiger partial charge in [-0.3, -0.25) is 9.78 Å². The molecule has 1 amide bonds. The largest absolute Gasteiger partial charge is 0.477 e. The van der Waals surface area contributed by atoms with Gasteiger partial charge >= 0.3 is 0 Å². The summed E-state index contributed by atoms with van der Waals surface area (Å²) in [5.74, 6) is 0.900. The first-order valence-electron chi connectivity index (χ1n) is 9.44. The van der Waals surface area contributed by atoms with Crippen molar-refractivity contribution in [3.05, 3.63) is 84.1 Å². The summed E-state index contributed by atoms with van der Waals surface area (Å²) in [6.07, 6.45) is 5.31. The number of pyridine rings is 2. The summed E-state index contributed by atoms with van der Waals surface area (Å²) in [4.78, 5) is 25.4. The van der Waals surface area contributed by atoms with Crippen LogP contribution in [0.25, 0.3) is 11.4 Å². The molecule has 4 rings (SSSR count). The zero-order valence-corrected chi connectivity index (χ0v) is 16.3. The zero-order chi connectivity index (χ0) is 20.8. The number of carbonyl (C=O) groups excluding carboxylic acids is 1. The molecule has 1 N–H and O–H groups in total. The van der Waals surface area contributed by atoms with E-state index in [0.717, 1.165) is 11.1 Å². The average Bonchev–Trinajstić information content (AvgIpc) is 3.25. The molecule has 0 bridgehead atoms. The molecule has 30 heavy (non-hydrogen) atoms. The van der Waals surface area contributed by atoms with Crippen LogP contribution in [0.15, 0.2) is 71.6 Å². The van der Waals surface area contributed by atoms with E-state index in [2.05, 4.69) is 25.4 Å². The van der Waals surface area contributed by atoms with Crippen molar-refractivity contribution in [1.29, 1.82) is 0 Å². The fourth-order valence-corrected chi connectivity index (χ4v) is 2.90. The lowest BCUT2D eigenvalue weighted by Crippen LogP contribution is -2.15. The topological polar surface area (TPSA) is 103 Å². The minimum atomic E-state index is -0.305. The molecule has 0 aliphatic rings. The smallest absolute Gasteiger partial charge is 0.261 e. The van der Waals surface area contributed by atoms with Gasteiger partial charge in [-0.05, 0) is 42.8 Å². The van der Waals surface area contributed by atoms with Crippen LogP contribution < -0.4 is 10.1 Å². The normalized spacial score (nSPS) is 10.6. The van der Waals surface area contributed by atoms with Crippen molar-refractivity contribution in [1.82, 2.24) is 20.1 Å². The Balaban J connectivity index is 1.54. The second-order valence-electron chi connectivity index (χ2n) is 6.33. The molecule has 0 aliphatic carbocycles. The first-order valence-corrected chi connectivity index (χ1v) is 9.44. The lowest BCUT2D eigenvalue weighted by Gasteiger charge is -2.12. The number of carbonyl (C=O) groups is 1. The first-order chi connectivity index (χ1) is 14.7. The Kier molecular flexibility index (Phi) is 5.75. The molecular weight excluding hydrogens is 382 g/mol. The molecule has 1 aromatic carbocycles. The van der Waals surface area contributed by atoms with Crippen LogP contribution in [0, 0.1) is 0 Å². The van der Waals surface area contributed by atoms with E-state index in [0.29, 0.717) is 41.9 Å². The van der Waals surface area contributed by atoms with Crippen molar-refractivity contribution >= 4 is 11.6 Å². The molecular formula is C22H19N5O3. The van der Waals surface area contributed by atoms with Crippen molar-refractivity contribution in [3.63, 3.8) is 0 Å². The zero-order valence-electron chi connectivity index (χ0n) is 16.3. The third-order valence-corrected chi connectivity index (χ3v) is 4.29. The Morgan fingerprint density at radius 3 is 2.80 bits per heavy atom. The molecule has 8 nitrogen and oxygen atoms in total.